The Hall–Kier alpha value is -2.57. The highest BCUT2D eigenvalue weighted by molar-refractivity contribution is 7.89. The van der Waals surface area contributed by atoms with Crippen LogP contribution >= 0.6 is 0 Å². The number of aromatic nitrogens is 1. The molecule has 0 amide bonds. The first-order valence-corrected chi connectivity index (χ1v) is 8.93. The number of sulfonamides is 1. The molecule has 1 aromatic carbocycles. The summed E-state index contributed by atoms with van der Waals surface area (Å²) in [5.74, 6) is -2.20. The summed E-state index contributed by atoms with van der Waals surface area (Å²) in [6.45, 7) is 0.887. The fraction of sp³-hybridized carbons (Fsp3) is 0.250. The Bertz CT molecular complexity index is 898. The van der Waals surface area contributed by atoms with Crippen LogP contribution in [0.2, 0.25) is 0 Å². The zero-order chi connectivity index (χ0) is 18.0. The van der Waals surface area contributed by atoms with Crippen molar-refractivity contribution in [2.75, 3.05) is 31.1 Å². The van der Waals surface area contributed by atoms with Crippen molar-refractivity contribution in [2.24, 2.45) is 0 Å². The number of benzene rings is 1. The maximum absolute atomic E-state index is 13.8. The fourth-order valence-electron chi connectivity index (χ4n) is 2.68. The van der Waals surface area contributed by atoms with Gasteiger partial charge in [0.15, 0.2) is 4.90 Å². The van der Waals surface area contributed by atoms with E-state index in [-0.39, 0.29) is 13.1 Å². The van der Waals surface area contributed by atoms with E-state index in [4.69, 9.17) is 5.26 Å². The van der Waals surface area contributed by atoms with Gasteiger partial charge in [-0.25, -0.2) is 22.2 Å². The summed E-state index contributed by atoms with van der Waals surface area (Å²) in [6, 6.07) is 8.20. The molecule has 6 nitrogen and oxygen atoms in total. The van der Waals surface area contributed by atoms with Crippen LogP contribution in [0.1, 0.15) is 5.69 Å². The van der Waals surface area contributed by atoms with Gasteiger partial charge in [0.05, 0.1) is 11.9 Å². The summed E-state index contributed by atoms with van der Waals surface area (Å²) in [6.07, 6.45) is 1.54. The summed E-state index contributed by atoms with van der Waals surface area (Å²) in [5.41, 5.74) is 1.05. The molecular formula is C16H14F2N4O2S. The zero-order valence-electron chi connectivity index (χ0n) is 13.1. The molecule has 0 N–H and O–H groups in total. The van der Waals surface area contributed by atoms with Gasteiger partial charge < -0.3 is 4.90 Å². The number of hydrogen-bond donors (Lipinski definition) is 0. The van der Waals surface area contributed by atoms with Crippen LogP contribution in [0, 0.1) is 23.0 Å². The molecule has 1 fully saturated rings. The quantitative estimate of drug-likeness (QED) is 0.829. The van der Waals surface area contributed by atoms with Crippen LogP contribution in [0.4, 0.5) is 14.5 Å². The number of nitriles is 1. The van der Waals surface area contributed by atoms with Gasteiger partial charge in [0.25, 0.3) is 0 Å². The third kappa shape index (κ3) is 3.31. The van der Waals surface area contributed by atoms with Gasteiger partial charge in [-0.15, -0.1) is 0 Å². The molecule has 0 bridgehead atoms. The Kier molecular flexibility index (Phi) is 4.65. The molecular weight excluding hydrogens is 350 g/mol. The predicted octanol–water partition coefficient (Wildman–Crippen LogP) is 1.74. The number of pyridine rings is 1. The second kappa shape index (κ2) is 6.74. The molecule has 1 saturated heterocycles. The number of hydrogen-bond acceptors (Lipinski definition) is 5. The molecule has 0 aliphatic carbocycles. The van der Waals surface area contributed by atoms with Gasteiger partial charge in [-0.3, -0.25) is 0 Å². The minimum Gasteiger partial charge on any atom is -0.368 e. The molecule has 0 spiro atoms. The maximum atomic E-state index is 13.8. The third-order valence-corrected chi connectivity index (χ3v) is 5.93. The molecule has 2 aromatic rings. The number of piperazine rings is 1. The van der Waals surface area contributed by atoms with Crippen molar-refractivity contribution in [1.82, 2.24) is 9.29 Å². The average Bonchev–Trinajstić information content (AvgIpc) is 2.61. The molecule has 9 heteroatoms. The van der Waals surface area contributed by atoms with Crippen LogP contribution < -0.4 is 4.90 Å². The van der Waals surface area contributed by atoms with Crippen molar-refractivity contribution in [3.63, 3.8) is 0 Å². The summed E-state index contributed by atoms with van der Waals surface area (Å²) < 4.78 is 53.8. The second-order valence-electron chi connectivity index (χ2n) is 5.46. The Morgan fingerprint density at radius 2 is 1.68 bits per heavy atom. The largest absolute Gasteiger partial charge is 0.368 e. The smallest absolute Gasteiger partial charge is 0.249 e. The van der Waals surface area contributed by atoms with Gasteiger partial charge in [-0.2, -0.15) is 9.57 Å². The molecule has 0 saturated carbocycles. The van der Waals surface area contributed by atoms with E-state index in [0.717, 1.165) is 28.2 Å². The Balaban J connectivity index is 1.76. The topological polar surface area (TPSA) is 77.3 Å². The van der Waals surface area contributed by atoms with E-state index in [0.29, 0.717) is 18.8 Å². The van der Waals surface area contributed by atoms with Crippen LogP contribution in [0.3, 0.4) is 0 Å². The van der Waals surface area contributed by atoms with Crippen molar-refractivity contribution in [3.8, 4) is 6.07 Å². The highest BCUT2D eigenvalue weighted by Gasteiger charge is 2.33. The van der Waals surface area contributed by atoms with Gasteiger partial charge in [-0.05, 0) is 24.3 Å². The van der Waals surface area contributed by atoms with Crippen LogP contribution in [0.25, 0.3) is 0 Å². The number of anilines is 1. The van der Waals surface area contributed by atoms with Crippen LogP contribution in [0.5, 0.6) is 0 Å². The zero-order valence-corrected chi connectivity index (χ0v) is 13.9. The lowest BCUT2D eigenvalue weighted by Gasteiger charge is -2.35. The van der Waals surface area contributed by atoms with Crippen molar-refractivity contribution in [2.45, 2.75) is 4.90 Å². The first kappa shape index (κ1) is 17.3. The van der Waals surface area contributed by atoms with E-state index in [1.54, 1.807) is 18.3 Å². The molecule has 0 radical (unpaired) electrons. The van der Waals surface area contributed by atoms with Crippen LogP contribution in [-0.4, -0.2) is 43.9 Å². The SMILES string of the molecule is N#Cc1ccc(N2CCN(S(=O)(=O)c3c(F)cccc3F)CC2)cn1. The van der Waals surface area contributed by atoms with Gasteiger partial charge in [0, 0.05) is 26.2 Å². The fourth-order valence-corrected chi connectivity index (χ4v) is 4.22. The van der Waals surface area contributed by atoms with Gasteiger partial charge in [0.1, 0.15) is 23.4 Å². The van der Waals surface area contributed by atoms with E-state index in [2.05, 4.69) is 4.98 Å². The van der Waals surface area contributed by atoms with Crippen molar-refractivity contribution in [1.29, 1.82) is 5.26 Å². The molecule has 1 aliphatic heterocycles. The lowest BCUT2D eigenvalue weighted by molar-refractivity contribution is 0.378. The van der Waals surface area contributed by atoms with Crippen molar-refractivity contribution < 1.29 is 17.2 Å². The molecule has 1 aliphatic rings. The Morgan fingerprint density at radius 3 is 2.20 bits per heavy atom. The molecule has 0 unspecified atom stereocenters. The number of nitrogens with zero attached hydrogens (tertiary/aromatic N) is 4. The van der Waals surface area contributed by atoms with E-state index < -0.39 is 26.6 Å². The highest BCUT2D eigenvalue weighted by Crippen LogP contribution is 2.24. The van der Waals surface area contributed by atoms with Gasteiger partial charge in [0.2, 0.25) is 10.0 Å². The molecule has 1 aromatic heterocycles. The number of rotatable bonds is 3. The Labute approximate surface area is 144 Å². The van der Waals surface area contributed by atoms with Crippen molar-refractivity contribution in [3.05, 3.63) is 53.9 Å². The van der Waals surface area contributed by atoms with Gasteiger partial charge >= 0.3 is 0 Å². The molecule has 3 rings (SSSR count). The van der Waals surface area contributed by atoms with Crippen molar-refractivity contribution >= 4 is 15.7 Å². The summed E-state index contributed by atoms with van der Waals surface area (Å²) in [7, 11) is -4.24. The predicted molar refractivity (Wildman–Crippen MR) is 86.3 cm³/mol. The van der Waals surface area contributed by atoms with E-state index in [9.17, 15) is 17.2 Å². The number of halogens is 2. The second-order valence-corrected chi connectivity index (χ2v) is 7.33. The minimum atomic E-state index is -4.24. The third-order valence-electron chi connectivity index (χ3n) is 3.98. The van der Waals surface area contributed by atoms with E-state index >= 15 is 0 Å². The van der Waals surface area contributed by atoms with Crippen LogP contribution in [0.15, 0.2) is 41.4 Å². The molecule has 0 atom stereocenters. The van der Waals surface area contributed by atoms with Gasteiger partial charge in [-0.1, -0.05) is 6.07 Å². The maximum Gasteiger partial charge on any atom is 0.249 e. The average molecular weight is 364 g/mol. The first-order valence-electron chi connectivity index (χ1n) is 7.49. The normalized spacial score (nSPS) is 15.8. The lowest BCUT2D eigenvalue weighted by atomic mass is 10.3. The highest BCUT2D eigenvalue weighted by atomic mass is 32.2. The monoisotopic (exact) mass is 364 g/mol. The van der Waals surface area contributed by atoms with E-state index in [1.165, 1.54) is 0 Å². The molecule has 2 heterocycles. The Morgan fingerprint density at radius 1 is 1.04 bits per heavy atom. The standard InChI is InChI=1S/C16H14F2N4O2S/c17-14-2-1-3-15(18)16(14)25(23,24)22-8-6-21(7-9-22)13-5-4-12(10-19)20-11-13/h1-5,11H,6-9H2. The lowest BCUT2D eigenvalue weighted by Crippen LogP contribution is -2.49. The molecule has 25 heavy (non-hydrogen) atoms. The van der Waals surface area contributed by atoms with Crippen LogP contribution in [-0.2, 0) is 10.0 Å². The molecule has 130 valence electrons. The minimum absolute atomic E-state index is 0.0934. The summed E-state index contributed by atoms with van der Waals surface area (Å²) >= 11 is 0. The van der Waals surface area contributed by atoms with E-state index in [1.807, 2.05) is 11.0 Å². The first-order chi connectivity index (χ1) is 11.9. The summed E-state index contributed by atoms with van der Waals surface area (Å²) in [5, 5.41) is 8.76. The summed E-state index contributed by atoms with van der Waals surface area (Å²) in [4.78, 5) is 4.96.